The Labute approximate surface area is 155 Å². The number of nitrogens with one attached hydrogen (secondary N) is 2. The fraction of sp³-hybridized carbons (Fsp3) is 0.250. The van der Waals surface area contributed by atoms with Crippen molar-refractivity contribution in [3.05, 3.63) is 75.4 Å². The molecule has 0 spiro atoms. The number of unbranched alkanes of at least 4 members (excludes halogenated alkanes) is 1. The van der Waals surface area contributed by atoms with Crippen LogP contribution in [0.15, 0.2) is 64.2 Å². The number of H-pyrrole nitrogens is 1. The number of carbonyl (C=O) groups excluding carboxylic acids is 1. The molecular weight excluding hydrogens is 346 g/mol. The van der Waals surface area contributed by atoms with E-state index in [2.05, 4.69) is 10.3 Å². The number of nitrogens with zero attached hydrogens (tertiary/aromatic N) is 1. The van der Waals surface area contributed by atoms with E-state index in [4.69, 9.17) is 4.74 Å². The Morgan fingerprint density at radius 3 is 2.56 bits per heavy atom. The summed E-state index contributed by atoms with van der Waals surface area (Å²) in [5, 5.41) is 3.17. The molecule has 0 saturated heterocycles. The van der Waals surface area contributed by atoms with Gasteiger partial charge in [0.15, 0.2) is 0 Å². The van der Waals surface area contributed by atoms with Crippen molar-refractivity contribution in [2.75, 3.05) is 13.2 Å². The summed E-state index contributed by atoms with van der Waals surface area (Å²) in [5.74, 6) is 0.545. The van der Waals surface area contributed by atoms with Crippen molar-refractivity contribution in [3.8, 4) is 5.75 Å². The molecule has 7 heteroatoms. The van der Waals surface area contributed by atoms with Crippen molar-refractivity contribution in [2.24, 2.45) is 0 Å². The van der Waals surface area contributed by atoms with E-state index in [0.29, 0.717) is 24.1 Å². The van der Waals surface area contributed by atoms with Crippen molar-refractivity contribution < 1.29 is 9.53 Å². The Hall–Kier alpha value is -3.35. The number of carbonyl (C=O) groups is 1. The molecule has 0 saturated carbocycles. The topological polar surface area (TPSA) is 93.2 Å². The lowest BCUT2D eigenvalue weighted by atomic mass is 10.2. The molecule has 7 nitrogen and oxygen atoms in total. The first-order valence-corrected chi connectivity index (χ1v) is 8.81. The lowest BCUT2D eigenvalue weighted by Crippen LogP contribution is -2.36. The molecule has 1 heterocycles. The van der Waals surface area contributed by atoms with Crippen LogP contribution in [0.1, 0.15) is 12.8 Å². The maximum Gasteiger partial charge on any atom is 0.329 e. The molecule has 0 fully saturated rings. The number of amides is 1. The summed E-state index contributed by atoms with van der Waals surface area (Å²) in [6.07, 6.45) is 1.57. The predicted molar refractivity (Wildman–Crippen MR) is 103 cm³/mol. The minimum atomic E-state index is -0.592. The minimum Gasteiger partial charge on any atom is -0.494 e. The number of ether oxygens (including phenoxy) is 1. The van der Waals surface area contributed by atoms with Gasteiger partial charge in [0.05, 0.1) is 17.5 Å². The first-order chi connectivity index (χ1) is 13.1. The third kappa shape index (κ3) is 4.84. The van der Waals surface area contributed by atoms with Crippen LogP contribution in [-0.2, 0) is 11.3 Å². The van der Waals surface area contributed by atoms with Gasteiger partial charge in [0.1, 0.15) is 12.3 Å². The zero-order chi connectivity index (χ0) is 19.1. The highest BCUT2D eigenvalue weighted by molar-refractivity contribution is 5.81. The molecule has 0 unspecified atom stereocenters. The average Bonchev–Trinajstić information content (AvgIpc) is 2.68. The van der Waals surface area contributed by atoms with Crippen LogP contribution in [0, 0.1) is 0 Å². The highest BCUT2D eigenvalue weighted by atomic mass is 16.5. The zero-order valence-corrected chi connectivity index (χ0v) is 14.8. The van der Waals surface area contributed by atoms with E-state index in [1.54, 1.807) is 24.3 Å². The smallest absolute Gasteiger partial charge is 0.329 e. The Bertz CT molecular complexity index is 1020. The van der Waals surface area contributed by atoms with Gasteiger partial charge in [-0.2, -0.15) is 0 Å². The summed E-state index contributed by atoms with van der Waals surface area (Å²) in [7, 11) is 0. The zero-order valence-electron chi connectivity index (χ0n) is 14.8. The minimum absolute atomic E-state index is 0.142. The molecule has 0 radical (unpaired) electrons. The molecule has 0 aliphatic carbocycles. The van der Waals surface area contributed by atoms with E-state index >= 15 is 0 Å². The number of aromatic amines is 1. The van der Waals surface area contributed by atoms with Gasteiger partial charge in [-0.05, 0) is 37.1 Å². The van der Waals surface area contributed by atoms with Crippen LogP contribution in [0.25, 0.3) is 10.9 Å². The predicted octanol–water partition coefficient (Wildman–Crippen LogP) is 1.67. The van der Waals surface area contributed by atoms with E-state index in [1.165, 1.54) is 4.57 Å². The molecule has 1 aromatic heterocycles. The number of hydrogen-bond acceptors (Lipinski definition) is 4. The monoisotopic (exact) mass is 367 g/mol. The van der Waals surface area contributed by atoms with E-state index in [-0.39, 0.29) is 12.5 Å². The number of fused-ring (bicyclic) bond motifs is 1. The number of para-hydroxylation sites is 2. The van der Waals surface area contributed by atoms with Gasteiger partial charge in [-0.1, -0.05) is 30.3 Å². The van der Waals surface area contributed by atoms with Crippen molar-refractivity contribution in [3.63, 3.8) is 0 Å². The number of rotatable bonds is 8. The fourth-order valence-electron chi connectivity index (χ4n) is 2.76. The van der Waals surface area contributed by atoms with Crippen LogP contribution < -0.4 is 21.3 Å². The second-order valence-corrected chi connectivity index (χ2v) is 6.08. The van der Waals surface area contributed by atoms with Crippen LogP contribution in [0.5, 0.6) is 5.75 Å². The van der Waals surface area contributed by atoms with E-state index in [0.717, 1.165) is 18.6 Å². The van der Waals surface area contributed by atoms with E-state index < -0.39 is 11.2 Å². The summed E-state index contributed by atoms with van der Waals surface area (Å²) < 4.78 is 6.86. The Morgan fingerprint density at radius 1 is 1.00 bits per heavy atom. The number of aromatic nitrogens is 2. The molecule has 2 aromatic carbocycles. The van der Waals surface area contributed by atoms with Crippen molar-refractivity contribution >= 4 is 16.8 Å². The number of benzene rings is 2. The second kappa shape index (κ2) is 8.84. The third-order valence-electron chi connectivity index (χ3n) is 4.11. The quantitative estimate of drug-likeness (QED) is 0.592. The van der Waals surface area contributed by atoms with Gasteiger partial charge in [-0.3, -0.25) is 19.1 Å². The van der Waals surface area contributed by atoms with Crippen LogP contribution in [0.4, 0.5) is 0 Å². The summed E-state index contributed by atoms with van der Waals surface area (Å²) in [5.41, 5.74) is -0.603. The molecule has 2 N–H and O–H groups in total. The Kier molecular flexibility index (Phi) is 6.04. The highest BCUT2D eigenvalue weighted by Crippen LogP contribution is 2.09. The second-order valence-electron chi connectivity index (χ2n) is 6.08. The summed E-state index contributed by atoms with van der Waals surface area (Å²) >= 11 is 0. The van der Waals surface area contributed by atoms with Gasteiger partial charge >= 0.3 is 5.69 Å². The molecule has 0 aliphatic rings. The molecule has 27 heavy (non-hydrogen) atoms. The third-order valence-corrected chi connectivity index (χ3v) is 4.11. The summed E-state index contributed by atoms with van der Waals surface area (Å²) in [4.78, 5) is 38.3. The molecule has 1 amide bonds. The standard InChI is InChI=1S/C20H21N3O4/c24-18(21-12-6-7-13-27-15-8-2-1-3-9-15)14-23-17-11-5-4-10-16(17)19(25)22-20(23)26/h1-5,8-11H,6-7,12-14H2,(H,21,24)(H,22,25,26). The molecular formula is C20H21N3O4. The van der Waals surface area contributed by atoms with E-state index in [9.17, 15) is 14.4 Å². The molecule has 0 bridgehead atoms. The fourth-order valence-corrected chi connectivity index (χ4v) is 2.76. The van der Waals surface area contributed by atoms with Crippen LogP contribution in [0.3, 0.4) is 0 Å². The molecule has 140 valence electrons. The van der Waals surface area contributed by atoms with Crippen molar-refractivity contribution in [1.29, 1.82) is 0 Å². The Morgan fingerprint density at radius 2 is 1.74 bits per heavy atom. The van der Waals surface area contributed by atoms with Gasteiger partial charge in [-0.15, -0.1) is 0 Å². The highest BCUT2D eigenvalue weighted by Gasteiger charge is 2.10. The first-order valence-electron chi connectivity index (χ1n) is 8.81. The first kappa shape index (κ1) is 18.4. The summed E-state index contributed by atoms with van der Waals surface area (Å²) in [6, 6.07) is 16.3. The van der Waals surface area contributed by atoms with Crippen LogP contribution in [0.2, 0.25) is 0 Å². The van der Waals surface area contributed by atoms with Crippen LogP contribution >= 0.6 is 0 Å². The molecule has 0 aliphatic heterocycles. The number of hydrogen-bond donors (Lipinski definition) is 2. The summed E-state index contributed by atoms with van der Waals surface area (Å²) in [6.45, 7) is 0.924. The van der Waals surface area contributed by atoms with E-state index in [1.807, 2.05) is 30.3 Å². The lowest BCUT2D eigenvalue weighted by Gasteiger charge is -2.10. The maximum atomic E-state index is 12.2. The van der Waals surface area contributed by atoms with Gasteiger partial charge in [0.2, 0.25) is 5.91 Å². The van der Waals surface area contributed by atoms with Gasteiger partial charge in [-0.25, -0.2) is 4.79 Å². The molecule has 3 aromatic rings. The molecule has 3 rings (SSSR count). The van der Waals surface area contributed by atoms with Crippen molar-refractivity contribution in [2.45, 2.75) is 19.4 Å². The molecule has 0 atom stereocenters. The maximum absolute atomic E-state index is 12.2. The Balaban J connectivity index is 1.48. The SMILES string of the molecule is O=C(Cn1c(=O)[nH]c(=O)c2ccccc21)NCCCCOc1ccccc1. The average molecular weight is 367 g/mol. The van der Waals surface area contributed by atoms with Gasteiger partial charge in [0.25, 0.3) is 5.56 Å². The lowest BCUT2D eigenvalue weighted by molar-refractivity contribution is -0.121. The normalized spacial score (nSPS) is 10.7. The van der Waals surface area contributed by atoms with Crippen LogP contribution in [-0.4, -0.2) is 28.6 Å². The van der Waals surface area contributed by atoms with Gasteiger partial charge < -0.3 is 10.1 Å². The van der Waals surface area contributed by atoms with Crippen molar-refractivity contribution in [1.82, 2.24) is 14.9 Å². The largest absolute Gasteiger partial charge is 0.494 e. The van der Waals surface area contributed by atoms with Gasteiger partial charge in [0, 0.05) is 6.54 Å².